The van der Waals surface area contributed by atoms with Gasteiger partial charge in [-0.15, -0.1) is 0 Å². The van der Waals surface area contributed by atoms with Crippen LogP contribution in [0.4, 0.5) is 0 Å². The largest absolute Gasteiger partial charge is 0.327 e. The van der Waals surface area contributed by atoms with Gasteiger partial charge in [0.15, 0.2) is 0 Å². The highest BCUT2D eigenvalue weighted by Gasteiger charge is 2.23. The molecule has 0 amide bonds. The van der Waals surface area contributed by atoms with E-state index in [1.807, 2.05) is 30.3 Å². The molecule has 1 aliphatic heterocycles. The monoisotopic (exact) mass is 386 g/mol. The van der Waals surface area contributed by atoms with Gasteiger partial charge >= 0.3 is 0 Å². The molecule has 1 aromatic carbocycles. The summed E-state index contributed by atoms with van der Waals surface area (Å²) < 4.78 is 2.25. The van der Waals surface area contributed by atoms with Crippen molar-refractivity contribution in [1.29, 1.82) is 0 Å². The Kier molecular flexibility index (Phi) is 4.44. The van der Waals surface area contributed by atoms with Crippen molar-refractivity contribution < 1.29 is 0 Å². The van der Waals surface area contributed by atoms with Crippen LogP contribution in [-0.4, -0.2) is 35.9 Å². The molecule has 0 atom stereocenters. The third kappa shape index (κ3) is 3.23. The molecule has 7 heteroatoms. The maximum absolute atomic E-state index is 12.8. The van der Waals surface area contributed by atoms with Crippen molar-refractivity contribution in [2.45, 2.75) is 33.0 Å². The van der Waals surface area contributed by atoms with Gasteiger partial charge in [-0.2, -0.15) is 0 Å². The van der Waals surface area contributed by atoms with Crippen LogP contribution in [0.5, 0.6) is 0 Å². The van der Waals surface area contributed by atoms with Crippen molar-refractivity contribution >= 4 is 11.0 Å². The number of pyridine rings is 1. The van der Waals surface area contributed by atoms with E-state index in [1.54, 1.807) is 12.4 Å². The molecule has 7 nitrogen and oxygen atoms in total. The maximum Gasteiger partial charge on any atom is 0.255 e. The smallest absolute Gasteiger partial charge is 0.255 e. The Balaban J connectivity index is 1.43. The van der Waals surface area contributed by atoms with Gasteiger partial charge in [0.05, 0.1) is 28.8 Å². The molecule has 0 spiro atoms. The molecule has 0 aliphatic carbocycles. The van der Waals surface area contributed by atoms with Crippen LogP contribution in [0.1, 0.15) is 24.0 Å². The summed E-state index contributed by atoms with van der Waals surface area (Å²) in [4.78, 5) is 31.6. The highest BCUT2D eigenvalue weighted by atomic mass is 16.1. The quantitative estimate of drug-likeness (QED) is 0.583. The summed E-state index contributed by atoms with van der Waals surface area (Å²) in [6.45, 7) is 5.15. The Labute approximate surface area is 168 Å². The predicted octanol–water partition coefficient (Wildman–Crippen LogP) is 2.76. The van der Waals surface area contributed by atoms with Crippen LogP contribution < -0.4 is 5.56 Å². The van der Waals surface area contributed by atoms with E-state index < -0.39 is 0 Å². The van der Waals surface area contributed by atoms with Crippen molar-refractivity contribution in [1.82, 2.24) is 29.4 Å². The summed E-state index contributed by atoms with van der Waals surface area (Å²) >= 11 is 0. The van der Waals surface area contributed by atoms with Gasteiger partial charge in [0.2, 0.25) is 0 Å². The molecule has 29 heavy (non-hydrogen) atoms. The fourth-order valence-electron chi connectivity index (χ4n) is 4.05. The number of nitrogens with zero attached hydrogens (tertiary/aromatic N) is 5. The van der Waals surface area contributed by atoms with Crippen LogP contribution in [0.2, 0.25) is 0 Å². The van der Waals surface area contributed by atoms with Crippen molar-refractivity contribution in [3.05, 3.63) is 76.2 Å². The number of aryl methyl sites for hydroxylation is 1. The van der Waals surface area contributed by atoms with Gasteiger partial charge in [-0.3, -0.25) is 14.7 Å². The fraction of sp³-hybridized carbons (Fsp3) is 0.273. The number of benzene rings is 1. The minimum Gasteiger partial charge on any atom is -0.327 e. The van der Waals surface area contributed by atoms with Crippen molar-refractivity contribution in [2.75, 3.05) is 6.54 Å². The lowest BCUT2D eigenvalue weighted by molar-refractivity contribution is 0.233. The number of fused-ring (bicyclic) bond motifs is 2. The standard InChI is InChI=1S/C22H22N6O/c1-2-28-19-8-4-3-7-18(19)24-20(28)14-27-11-9-17-16(13-27)22(29)26-21(25-17)15-6-5-10-23-12-15/h3-8,10,12H,2,9,11,13-14H2,1H3,(H,25,26,29). The number of para-hydroxylation sites is 2. The van der Waals surface area contributed by atoms with E-state index in [2.05, 4.69) is 32.4 Å². The second-order valence-corrected chi connectivity index (χ2v) is 7.30. The van der Waals surface area contributed by atoms with Gasteiger partial charge in [-0.1, -0.05) is 12.1 Å². The normalized spacial score (nSPS) is 14.2. The minimum atomic E-state index is -0.0671. The zero-order valence-electron chi connectivity index (χ0n) is 16.3. The second kappa shape index (κ2) is 7.25. The zero-order valence-corrected chi connectivity index (χ0v) is 16.3. The molecule has 0 saturated carbocycles. The summed E-state index contributed by atoms with van der Waals surface area (Å²) in [5, 5.41) is 0. The molecular formula is C22H22N6O. The third-order valence-electron chi connectivity index (χ3n) is 5.50. The maximum atomic E-state index is 12.8. The Hall–Kier alpha value is -3.32. The van der Waals surface area contributed by atoms with Crippen LogP contribution in [0.15, 0.2) is 53.6 Å². The van der Waals surface area contributed by atoms with Crippen LogP contribution in [-0.2, 0) is 26.1 Å². The van der Waals surface area contributed by atoms with Crippen LogP contribution >= 0.6 is 0 Å². The number of aromatic amines is 1. The molecule has 4 aromatic rings. The molecule has 5 rings (SSSR count). The molecule has 0 saturated heterocycles. The first-order chi connectivity index (χ1) is 14.2. The van der Waals surface area contributed by atoms with E-state index in [-0.39, 0.29) is 5.56 Å². The first-order valence-corrected chi connectivity index (χ1v) is 9.92. The van der Waals surface area contributed by atoms with Crippen LogP contribution in [0.25, 0.3) is 22.4 Å². The number of aromatic nitrogens is 5. The summed E-state index contributed by atoms with van der Waals surface area (Å²) in [6.07, 6.45) is 4.18. The van der Waals surface area contributed by atoms with Gasteiger partial charge in [0.1, 0.15) is 11.6 Å². The molecule has 1 aliphatic rings. The number of hydrogen-bond donors (Lipinski definition) is 1. The lowest BCUT2D eigenvalue weighted by Gasteiger charge is -2.27. The van der Waals surface area contributed by atoms with E-state index in [1.165, 1.54) is 0 Å². The highest BCUT2D eigenvalue weighted by Crippen LogP contribution is 2.21. The Morgan fingerprint density at radius 1 is 1.14 bits per heavy atom. The molecule has 4 heterocycles. The number of hydrogen-bond acceptors (Lipinski definition) is 5. The second-order valence-electron chi connectivity index (χ2n) is 7.30. The summed E-state index contributed by atoms with van der Waals surface area (Å²) in [6, 6.07) is 12.0. The van der Waals surface area contributed by atoms with Crippen LogP contribution in [0.3, 0.4) is 0 Å². The minimum absolute atomic E-state index is 0.0671. The van der Waals surface area contributed by atoms with E-state index in [0.29, 0.717) is 18.9 Å². The van der Waals surface area contributed by atoms with Crippen molar-refractivity contribution in [2.24, 2.45) is 0 Å². The molecule has 3 aromatic heterocycles. The average Bonchev–Trinajstić information content (AvgIpc) is 3.11. The van der Waals surface area contributed by atoms with Gasteiger partial charge in [-0.25, -0.2) is 9.97 Å². The van der Waals surface area contributed by atoms with E-state index in [0.717, 1.165) is 53.2 Å². The van der Waals surface area contributed by atoms with Gasteiger partial charge < -0.3 is 9.55 Å². The van der Waals surface area contributed by atoms with Gasteiger partial charge in [0, 0.05) is 44.0 Å². The fourth-order valence-corrected chi connectivity index (χ4v) is 4.05. The molecular weight excluding hydrogens is 364 g/mol. The third-order valence-corrected chi connectivity index (χ3v) is 5.50. The Morgan fingerprint density at radius 2 is 2.03 bits per heavy atom. The lowest BCUT2D eigenvalue weighted by Crippen LogP contribution is -2.36. The van der Waals surface area contributed by atoms with Crippen molar-refractivity contribution in [3.63, 3.8) is 0 Å². The molecule has 1 N–H and O–H groups in total. The first kappa shape index (κ1) is 17.8. The molecule has 0 bridgehead atoms. The SMILES string of the molecule is CCn1c(CN2CCc3nc(-c4cccnc4)[nH]c(=O)c3C2)nc2ccccc21. The van der Waals surface area contributed by atoms with Gasteiger partial charge in [0.25, 0.3) is 5.56 Å². The average molecular weight is 386 g/mol. The number of nitrogens with one attached hydrogen (secondary N) is 1. The molecule has 146 valence electrons. The van der Waals surface area contributed by atoms with Crippen molar-refractivity contribution in [3.8, 4) is 11.4 Å². The summed E-state index contributed by atoms with van der Waals surface area (Å²) in [7, 11) is 0. The van der Waals surface area contributed by atoms with E-state index >= 15 is 0 Å². The number of rotatable bonds is 4. The van der Waals surface area contributed by atoms with E-state index in [4.69, 9.17) is 9.97 Å². The lowest BCUT2D eigenvalue weighted by atomic mass is 10.1. The van der Waals surface area contributed by atoms with Crippen LogP contribution in [0, 0.1) is 0 Å². The number of H-pyrrole nitrogens is 1. The summed E-state index contributed by atoms with van der Waals surface area (Å²) in [5.41, 5.74) is 4.57. The molecule has 0 radical (unpaired) electrons. The Morgan fingerprint density at radius 3 is 2.86 bits per heavy atom. The summed E-state index contributed by atoms with van der Waals surface area (Å²) in [5.74, 6) is 1.62. The zero-order chi connectivity index (χ0) is 19.8. The van der Waals surface area contributed by atoms with Gasteiger partial charge in [-0.05, 0) is 31.2 Å². The molecule has 0 fully saturated rings. The predicted molar refractivity (Wildman–Crippen MR) is 111 cm³/mol. The van der Waals surface area contributed by atoms with E-state index in [9.17, 15) is 4.79 Å². The Bertz CT molecular complexity index is 1230. The number of imidazole rings is 1. The first-order valence-electron chi connectivity index (χ1n) is 9.92. The highest BCUT2D eigenvalue weighted by molar-refractivity contribution is 5.75. The molecule has 0 unspecified atom stereocenters. The topological polar surface area (TPSA) is 79.7 Å².